The van der Waals surface area contributed by atoms with E-state index >= 15 is 0 Å². The van der Waals surface area contributed by atoms with Crippen LogP contribution in [0.15, 0.2) is 60.7 Å². The monoisotopic (exact) mass is 546 g/mol. The van der Waals surface area contributed by atoms with Gasteiger partial charge in [0.2, 0.25) is 0 Å². The Morgan fingerprint density at radius 2 is 1.30 bits per heavy atom. The molecule has 0 amide bonds. The number of phenolic OH excluding ortho intramolecular Hbond substituents is 7. The SMILES string of the molecule is Oc1ccc2c(c1)OC(c1ccc(O)c(O)c1)C[C@H]2c1c(O)cc(O)c2c1O[C@H](c1ccc(O)c(O)c1)[C@@H](O)C2. The number of phenols is 7. The van der Waals surface area contributed by atoms with Crippen molar-refractivity contribution >= 4 is 0 Å². The second-order valence-electron chi connectivity index (χ2n) is 10.1. The van der Waals surface area contributed by atoms with Crippen molar-refractivity contribution in [3.8, 4) is 51.7 Å². The molecule has 4 aromatic rings. The molecule has 0 radical (unpaired) electrons. The zero-order valence-corrected chi connectivity index (χ0v) is 20.9. The number of aliphatic hydroxyl groups excluding tert-OH is 1. The molecule has 40 heavy (non-hydrogen) atoms. The zero-order chi connectivity index (χ0) is 28.3. The molecule has 2 aliphatic heterocycles. The first kappa shape index (κ1) is 25.3. The molecule has 6 rings (SSSR count). The van der Waals surface area contributed by atoms with Crippen LogP contribution in [-0.2, 0) is 6.42 Å². The largest absolute Gasteiger partial charge is 0.508 e. The van der Waals surface area contributed by atoms with Crippen molar-refractivity contribution in [2.24, 2.45) is 0 Å². The predicted octanol–water partition coefficient (Wildman–Crippen LogP) is 4.32. The van der Waals surface area contributed by atoms with E-state index in [0.29, 0.717) is 28.0 Å². The van der Waals surface area contributed by atoms with Gasteiger partial charge < -0.3 is 50.3 Å². The number of rotatable bonds is 3. The van der Waals surface area contributed by atoms with Gasteiger partial charge in [0.1, 0.15) is 41.0 Å². The molecule has 0 aliphatic carbocycles. The Hall–Kier alpha value is -4.96. The van der Waals surface area contributed by atoms with Crippen molar-refractivity contribution in [2.45, 2.75) is 37.1 Å². The molecule has 8 N–H and O–H groups in total. The smallest absolute Gasteiger partial charge is 0.157 e. The molecule has 10 heteroatoms. The van der Waals surface area contributed by atoms with E-state index in [9.17, 15) is 40.9 Å². The summed E-state index contributed by atoms with van der Waals surface area (Å²) in [5.41, 5.74) is 2.13. The number of aromatic hydroxyl groups is 7. The third kappa shape index (κ3) is 4.18. The summed E-state index contributed by atoms with van der Waals surface area (Å²) in [6.45, 7) is 0. The Morgan fingerprint density at radius 3 is 2.00 bits per heavy atom. The second-order valence-corrected chi connectivity index (χ2v) is 10.1. The molecule has 0 fully saturated rings. The predicted molar refractivity (Wildman–Crippen MR) is 140 cm³/mol. The van der Waals surface area contributed by atoms with Gasteiger partial charge in [0, 0.05) is 41.2 Å². The van der Waals surface area contributed by atoms with Crippen molar-refractivity contribution in [1.29, 1.82) is 0 Å². The number of aliphatic hydroxyl groups is 1. The lowest BCUT2D eigenvalue weighted by Crippen LogP contribution is -2.31. The van der Waals surface area contributed by atoms with Gasteiger partial charge in [0.15, 0.2) is 23.0 Å². The summed E-state index contributed by atoms with van der Waals surface area (Å²) in [5, 5.41) is 82.6. The van der Waals surface area contributed by atoms with Gasteiger partial charge in [-0.3, -0.25) is 0 Å². The molecule has 10 nitrogen and oxygen atoms in total. The average molecular weight is 547 g/mol. The van der Waals surface area contributed by atoms with Crippen LogP contribution in [0.4, 0.5) is 0 Å². The summed E-state index contributed by atoms with van der Waals surface area (Å²) in [5.74, 6) is -2.05. The van der Waals surface area contributed by atoms with E-state index in [1.54, 1.807) is 12.1 Å². The van der Waals surface area contributed by atoms with E-state index in [1.807, 2.05) is 0 Å². The summed E-state index contributed by atoms with van der Waals surface area (Å²) in [6.07, 6.45) is -2.58. The minimum absolute atomic E-state index is 0.0261. The van der Waals surface area contributed by atoms with Gasteiger partial charge in [-0.05, 0) is 47.9 Å². The van der Waals surface area contributed by atoms with E-state index in [2.05, 4.69) is 0 Å². The van der Waals surface area contributed by atoms with Crippen LogP contribution in [0, 0.1) is 0 Å². The molecule has 0 saturated heterocycles. The lowest BCUT2D eigenvalue weighted by molar-refractivity contribution is 0.0184. The van der Waals surface area contributed by atoms with Crippen LogP contribution in [0.3, 0.4) is 0 Å². The fraction of sp³-hybridized carbons (Fsp3) is 0.200. The summed E-state index contributed by atoms with van der Waals surface area (Å²) < 4.78 is 12.4. The number of hydrogen-bond acceptors (Lipinski definition) is 10. The van der Waals surface area contributed by atoms with E-state index in [4.69, 9.17) is 9.47 Å². The number of fused-ring (bicyclic) bond motifs is 2. The summed E-state index contributed by atoms with van der Waals surface area (Å²) in [7, 11) is 0. The third-order valence-electron chi connectivity index (χ3n) is 7.52. The molecule has 0 aromatic heterocycles. The van der Waals surface area contributed by atoms with Crippen molar-refractivity contribution < 1.29 is 50.3 Å². The normalized spacial score (nSPS) is 21.5. The van der Waals surface area contributed by atoms with E-state index < -0.39 is 30.0 Å². The first-order valence-corrected chi connectivity index (χ1v) is 12.6. The Bertz CT molecular complexity index is 1630. The first-order valence-electron chi connectivity index (χ1n) is 12.6. The molecular formula is C30H26O10. The van der Waals surface area contributed by atoms with Crippen LogP contribution in [0.5, 0.6) is 51.7 Å². The maximum Gasteiger partial charge on any atom is 0.157 e. The molecule has 2 aliphatic rings. The van der Waals surface area contributed by atoms with Crippen LogP contribution < -0.4 is 9.47 Å². The highest BCUT2D eigenvalue weighted by Gasteiger charge is 2.40. The number of ether oxygens (including phenoxy) is 2. The summed E-state index contributed by atoms with van der Waals surface area (Å²) in [4.78, 5) is 0. The lowest BCUT2D eigenvalue weighted by atomic mass is 9.79. The van der Waals surface area contributed by atoms with Gasteiger partial charge in [-0.2, -0.15) is 0 Å². The van der Waals surface area contributed by atoms with Crippen molar-refractivity contribution in [2.75, 3.05) is 0 Å². The third-order valence-corrected chi connectivity index (χ3v) is 7.52. The topological polar surface area (TPSA) is 180 Å². The highest BCUT2D eigenvalue weighted by Crippen LogP contribution is 2.55. The molecule has 0 saturated carbocycles. The summed E-state index contributed by atoms with van der Waals surface area (Å²) in [6, 6.07) is 14.1. The maximum absolute atomic E-state index is 11.2. The second kappa shape index (κ2) is 9.35. The summed E-state index contributed by atoms with van der Waals surface area (Å²) >= 11 is 0. The molecule has 1 unspecified atom stereocenters. The fourth-order valence-corrected chi connectivity index (χ4v) is 5.56. The van der Waals surface area contributed by atoms with Gasteiger partial charge in [-0.15, -0.1) is 0 Å². The standard InChI is InChI=1S/C30H26O10/c31-15-3-4-16-17(11-26(39-27(16)9-15)13-1-5-19(32)22(35)7-13)28-24(37)12-21(34)18-10-25(38)29(40-30(18)28)14-2-6-20(33)23(36)8-14/h1-9,12,17,25-26,29,31-38H,10-11H2/t17-,25+,26?,29-/m1/s1. The molecule has 0 bridgehead atoms. The van der Waals surface area contributed by atoms with Crippen molar-refractivity contribution in [3.05, 3.63) is 88.5 Å². The van der Waals surface area contributed by atoms with Gasteiger partial charge >= 0.3 is 0 Å². The van der Waals surface area contributed by atoms with Crippen LogP contribution in [0.25, 0.3) is 0 Å². The number of benzene rings is 4. The zero-order valence-electron chi connectivity index (χ0n) is 20.9. The van der Waals surface area contributed by atoms with E-state index in [0.717, 1.165) is 0 Å². The minimum atomic E-state index is -1.12. The lowest BCUT2D eigenvalue weighted by Gasteiger charge is -2.37. The van der Waals surface area contributed by atoms with Gasteiger partial charge in [0.25, 0.3) is 0 Å². The first-order chi connectivity index (χ1) is 19.1. The molecule has 206 valence electrons. The Labute approximate surface area is 227 Å². The molecule has 0 spiro atoms. The van der Waals surface area contributed by atoms with Crippen molar-refractivity contribution in [1.82, 2.24) is 0 Å². The van der Waals surface area contributed by atoms with Gasteiger partial charge in [-0.25, -0.2) is 0 Å². The maximum atomic E-state index is 11.2. The quantitative estimate of drug-likeness (QED) is 0.172. The van der Waals surface area contributed by atoms with Crippen LogP contribution in [0.1, 0.15) is 52.4 Å². The molecule has 2 heterocycles. The van der Waals surface area contributed by atoms with Gasteiger partial charge in [0.05, 0.1) is 6.10 Å². The Kier molecular flexibility index (Phi) is 5.92. The molecule has 4 atom stereocenters. The fourth-order valence-electron chi connectivity index (χ4n) is 5.56. The Morgan fingerprint density at radius 1 is 0.625 bits per heavy atom. The molecular weight excluding hydrogens is 520 g/mol. The highest BCUT2D eigenvalue weighted by atomic mass is 16.5. The van der Waals surface area contributed by atoms with Crippen LogP contribution in [-0.4, -0.2) is 47.0 Å². The van der Waals surface area contributed by atoms with Crippen molar-refractivity contribution in [3.63, 3.8) is 0 Å². The van der Waals surface area contributed by atoms with E-state index in [1.165, 1.54) is 48.5 Å². The molecule has 4 aromatic carbocycles. The van der Waals surface area contributed by atoms with Crippen LogP contribution >= 0.6 is 0 Å². The highest BCUT2D eigenvalue weighted by molar-refractivity contribution is 5.63. The number of hydrogen-bond donors (Lipinski definition) is 8. The minimum Gasteiger partial charge on any atom is -0.508 e. The van der Waals surface area contributed by atoms with Gasteiger partial charge in [-0.1, -0.05) is 18.2 Å². The van der Waals surface area contributed by atoms with Crippen LogP contribution in [0.2, 0.25) is 0 Å². The Balaban J connectivity index is 1.49. The average Bonchev–Trinajstić information content (AvgIpc) is 2.91. The van der Waals surface area contributed by atoms with E-state index in [-0.39, 0.29) is 58.7 Å².